The number of aromatic amines is 1. The lowest BCUT2D eigenvalue weighted by atomic mass is 9.91. The van der Waals surface area contributed by atoms with Crippen molar-refractivity contribution < 1.29 is 14.3 Å². The van der Waals surface area contributed by atoms with Crippen LogP contribution in [0.5, 0.6) is 5.75 Å². The standard InChI is InChI=1S/C24H28N4O3/c1-3-31-24(29)23-22(20-16-19(30-2)9-10-21(20)25-23)26-27-28-13-11-18(12-14-28)15-17-7-5-4-6-8-17/h4-10,16,18,25H,3,11-15H2,1-2H3. The van der Waals surface area contributed by atoms with Gasteiger partial charge in [0.15, 0.2) is 5.69 Å². The minimum absolute atomic E-state index is 0.295. The van der Waals surface area contributed by atoms with Crippen LogP contribution in [-0.4, -0.2) is 42.8 Å². The number of nitrogens with one attached hydrogen (secondary N) is 1. The number of rotatable bonds is 7. The summed E-state index contributed by atoms with van der Waals surface area (Å²) >= 11 is 0. The van der Waals surface area contributed by atoms with Crippen molar-refractivity contribution >= 4 is 22.6 Å². The number of ether oxygens (including phenoxy) is 2. The van der Waals surface area contributed by atoms with E-state index in [-0.39, 0.29) is 0 Å². The van der Waals surface area contributed by atoms with Crippen LogP contribution in [0.2, 0.25) is 0 Å². The van der Waals surface area contributed by atoms with Gasteiger partial charge in [-0.1, -0.05) is 35.6 Å². The van der Waals surface area contributed by atoms with Crippen molar-refractivity contribution in [1.29, 1.82) is 0 Å². The lowest BCUT2D eigenvalue weighted by Crippen LogP contribution is -2.30. The second kappa shape index (κ2) is 9.64. The maximum absolute atomic E-state index is 12.5. The molecule has 4 rings (SSSR count). The molecular formula is C24H28N4O3. The molecule has 2 heterocycles. The van der Waals surface area contributed by atoms with Gasteiger partial charge in [0.1, 0.15) is 11.4 Å². The molecule has 31 heavy (non-hydrogen) atoms. The second-order valence-corrected chi connectivity index (χ2v) is 7.76. The summed E-state index contributed by atoms with van der Waals surface area (Å²) in [6.07, 6.45) is 3.24. The Labute approximate surface area is 182 Å². The SMILES string of the molecule is CCOC(=O)c1[nH]c2ccc(OC)cc2c1N=NN1CCC(Cc2ccccc2)CC1. The number of hydrogen-bond donors (Lipinski definition) is 1. The molecule has 1 N–H and O–H groups in total. The number of fused-ring (bicyclic) bond motifs is 1. The van der Waals surface area contributed by atoms with E-state index in [0.29, 0.717) is 29.7 Å². The highest BCUT2D eigenvalue weighted by Gasteiger charge is 2.22. The summed E-state index contributed by atoms with van der Waals surface area (Å²) in [6.45, 7) is 3.77. The molecule has 162 valence electrons. The minimum atomic E-state index is -0.437. The summed E-state index contributed by atoms with van der Waals surface area (Å²) in [6, 6.07) is 16.2. The summed E-state index contributed by atoms with van der Waals surface area (Å²) in [5.41, 5.74) is 2.97. The van der Waals surface area contributed by atoms with Gasteiger partial charge in [-0.25, -0.2) is 4.79 Å². The first-order chi connectivity index (χ1) is 15.2. The van der Waals surface area contributed by atoms with Gasteiger partial charge in [-0.05, 0) is 55.9 Å². The predicted molar refractivity (Wildman–Crippen MR) is 120 cm³/mol. The number of esters is 1. The van der Waals surface area contributed by atoms with Crippen LogP contribution in [0.4, 0.5) is 5.69 Å². The van der Waals surface area contributed by atoms with Crippen molar-refractivity contribution in [3.05, 3.63) is 59.8 Å². The van der Waals surface area contributed by atoms with Crippen LogP contribution in [-0.2, 0) is 11.2 Å². The molecule has 1 aliphatic rings. The average molecular weight is 421 g/mol. The number of methoxy groups -OCH3 is 1. The quantitative estimate of drug-likeness (QED) is 0.415. The van der Waals surface area contributed by atoms with Crippen LogP contribution in [0.25, 0.3) is 10.9 Å². The molecule has 1 fully saturated rings. The molecule has 0 atom stereocenters. The number of hydrogen-bond acceptors (Lipinski definition) is 5. The Hall–Kier alpha value is -3.35. The van der Waals surface area contributed by atoms with Gasteiger partial charge >= 0.3 is 5.97 Å². The molecule has 7 nitrogen and oxygen atoms in total. The largest absolute Gasteiger partial charge is 0.497 e. The van der Waals surface area contributed by atoms with Gasteiger partial charge < -0.3 is 14.5 Å². The summed E-state index contributed by atoms with van der Waals surface area (Å²) in [5.74, 6) is 0.912. The summed E-state index contributed by atoms with van der Waals surface area (Å²) in [7, 11) is 1.61. The fourth-order valence-electron chi connectivity index (χ4n) is 4.01. The van der Waals surface area contributed by atoms with Crippen molar-refractivity contribution in [2.24, 2.45) is 16.3 Å². The second-order valence-electron chi connectivity index (χ2n) is 7.76. The number of carbonyl (C=O) groups is 1. The van der Waals surface area contributed by atoms with Gasteiger partial charge in [-0.3, -0.25) is 5.01 Å². The van der Waals surface area contributed by atoms with E-state index in [4.69, 9.17) is 9.47 Å². The fraction of sp³-hybridized carbons (Fsp3) is 0.375. The summed E-state index contributed by atoms with van der Waals surface area (Å²) in [4.78, 5) is 15.6. The van der Waals surface area contributed by atoms with Crippen LogP contribution in [0.1, 0.15) is 35.8 Å². The average Bonchev–Trinajstić information content (AvgIpc) is 3.17. The molecule has 1 aromatic heterocycles. The zero-order valence-corrected chi connectivity index (χ0v) is 18.0. The van der Waals surface area contributed by atoms with Gasteiger partial charge in [-0.15, -0.1) is 5.11 Å². The molecule has 2 aromatic carbocycles. The zero-order chi connectivity index (χ0) is 21.6. The maximum Gasteiger partial charge on any atom is 0.357 e. The zero-order valence-electron chi connectivity index (χ0n) is 18.0. The smallest absolute Gasteiger partial charge is 0.357 e. The maximum atomic E-state index is 12.5. The number of carbonyl (C=O) groups excluding carboxylic acids is 1. The first kappa shape index (κ1) is 20.9. The van der Waals surface area contributed by atoms with Crippen molar-refractivity contribution in [2.75, 3.05) is 26.8 Å². The molecule has 0 saturated carbocycles. The molecule has 1 saturated heterocycles. The highest BCUT2D eigenvalue weighted by Crippen LogP contribution is 2.34. The molecule has 0 bridgehead atoms. The molecule has 0 radical (unpaired) electrons. The summed E-state index contributed by atoms with van der Waals surface area (Å²) < 4.78 is 10.5. The van der Waals surface area contributed by atoms with Gasteiger partial charge in [0, 0.05) is 24.0 Å². The Morgan fingerprint density at radius 2 is 1.94 bits per heavy atom. The third kappa shape index (κ3) is 4.87. The molecule has 3 aromatic rings. The van der Waals surface area contributed by atoms with Crippen LogP contribution >= 0.6 is 0 Å². The number of nitrogens with zero attached hydrogens (tertiary/aromatic N) is 3. The molecular weight excluding hydrogens is 392 g/mol. The Balaban J connectivity index is 1.49. The van der Waals surface area contributed by atoms with E-state index < -0.39 is 5.97 Å². The minimum Gasteiger partial charge on any atom is -0.497 e. The fourth-order valence-corrected chi connectivity index (χ4v) is 4.01. The number of H-pyrrole nitrogens is 1. The Bertz CT molecular complexity index is 1050. The topological polar surface area (TPSA) is 79.3 Å². The number of aromatic nitrogens is 1. The van der Waals surface area contributed by atoms with Gasteiger partial charge in [0.2, 0.25) is 0 Å². The Kier molecular flexibility index (Phi) is 6.50. The van der Waals surface area contributed by atoms with E-state index in [1.807, 2.05) is 23.2 Å². The van der Waals surface area contributed by atoms with E-state index in [0.717, 1.165) is 43.3 Å². The third-order valence-corrected chi connectivity index (χ3v) is 5.69. The highest BCUT2D eigenvalue weighted by molar-refractivity contribution is 6.05. The monoisotopic (exact) mass is 420 g/mol. The van der Waals surface area contributed by atoms with Crippen molar-refractivity contribution in [1.82, 2.24) is 9.99 Å². The van der Waals surface area contributed by atoms with E-state index in [9.17, 15) is 4.79 Å². The lowest BCUT2D eigenvalue weighted by molar-refractivity contribution is 0.0521. The van der Waals surface area contributed by atoms with Crippen molar-refractivity contribution in [3.8, 4) is 5.75 Å². The summed E-state index contributed by atoms with van der Waals surface area (Å²) in [5, 5.41) is 11.7. The van der Waals surface area contributed by atoms with Crippen LogP contribution in [0.15, 0.2) is 58.9 Å². The number of benzene rings is 2. The molecule has 0 spiro atoms. The van der Waals surface area contributed by atoms with Crippen LogP contribution in [0, 0.1) is 5.92 Å². The normalized spacial score (nSPS) is 15.0. The van der Waals surface area contributed by atoms with Crippen LogP contribution in [0.3, 0.4) is 0 Å². The molecule has 0 amide bonds. The Morgan fingerprint density at radius 3 is 2.65 bits per heavy atom. The number of piperidine rings is 1. The molecule has 1 aliphatic heterocycles. The third-order valence-electron chi connectivity index (χ3n) is 5.69. The van der Waals surface area contributed by atoms with E-state index >= 15 is 0 Å². The van der Waals surface area contributed by atoms with Gasteiger partial charge in [0.05, 0.1) is 13.7 Å². The molecule has 0 aliphatic carbocycles. The van der Waals surface area contributed by atoms with Crippen LogP contribution < -0.4 is 4.74 Å². The highest BCUT2D eigenvalue weighted by atomic mass is 16.5. The Morgan fingerprint density at radius 1 is 1.16 bits per heavy atom. The van der Waals surface area contributed by atoms with Gasteiger partial charge in [-0.2, -0.15) is 0 Å². The van der Waals surface area contributed by atoms with E-state index in [2.05, 4.69) is 45.7 Å². The first-order valence-electron chi connectivity index (χ1n) is 10.7. The van der Waals surface area contributed by atoms with E-state index in [1.165, 1.54) is 5.56 Å². The first-order valence-corrected chi connectivity index (χ1v) is 10.7. The van der Waals surface area contributed by atoms with Crippen molar-refractivity contribution in [2.45, 2.75) is 26.2 Å². The van der Waals surface area contributed by atoms with Gasteiger partial charge in [0.25, 0.3) is 0 Å². The molecule has 7 heteroatoms. The predicted octanol–water partition coefficient (Wildman–Crippen LogP) is 5.31. The lowest BCUT2D eigenvalue weighted by Gasteiger charge is -2.29. The van der Waals surface area contributed by atoms with E-state index in [1.54, 1.807) is 14.0 Å². The van der Waals surface area contributed by atoms with Crippen molar-refractivity contribution in [3.63, 3.8) is 0 Å². The molecule has 0 unspecified atom stereocenters.